The summed E-state index contributed by atoms with van der Waals surface area (Å²) >= 11 is 2.74. The summed E-state index contributed by atoms with van der Waals surface area (Å²) < 4.78 is 6.12. The van der Waals surface area contributed by atoms with Crippen LogP contribution in [0.3, 0.4) is 0 Å². The van der Waals surface area contributed by atoms with Gasteiger partial charge in [-0.05, 0) is 42.5 Å². The van der Waals surface area contributed by atoms with E-state index in [1.807, 2.05) is 18.2 Å². The van der Waals surface area contributed by atoms with Crippen LogP contribution in [0.25, 0.3) is 10.2 Å². The first-order valence-electron chi connectivity index (χ1n) is 8.92. The van der Waals surface area contributed by atoms with Crippen molar-refractivity contribution in [2.75, 3.05) is 23.5 Å². The van der Waals surface area contributed by atoms with Crippen molar-refractivity contribution >= 4 is 61.9 Å². The number of carboxylic acid groups (broad SMARTS) is 1. The smallest absolute Gasteiger partial charge is 0.303 e. The van der Waals surface area contributed by atoms with E-state index in [9.17, 15) is 14.4 Å². The molecule has 1 aromatic heterocycles. The van der Waals surface area contributed by atoms with Gasteiger partial charge in [0.15, 0.2) is 5.13 Å². The average molecular weight is 446 g/mol. The number of thioether (sulfide) groups is 1. The first-order valence-corrected chi connectivity index (χ1v) is 10.7. The number of hydrogen-bond acceptors (Lipinski definition) is 7. The van der Waals surface area contributed by atoms with Crippen LogP contribution in [-0.4, -0.2) is 40.7 Å². The number of amides is 2. The van der Waals surface area contributed by atoms with Crippen LogP contribution < -0.4 is 15.4 Å². The van der Waals surface area contributed by atoms with E-state index in [2.05, 4.69) is 15.6 Å². The van der Waals surface area contributed by atoms with Crippen molar-refractivity contribution in [3.8, 4) is 5.75 Å². The maximum absolute atomic E-state index is 12.2. The van der Waals surface area contributed by atoms with Gasteiger partial charge in [-0.3, -0.25) is 14.4 Å². The van der Waals surface area contributed by atoms with Gasteiger partial charge in [0.2, 0.25) is 11.8 Å². The second-order valence-electron chi connectivity index (χ2n) is 6.16. The highest BCUT2D eigenvalue weighted by Crippen LogP contribution is 2.29. The minimum Gasteiger partial charge on any atom is -0.497 e. The third-order valence-corrected chi connectivity index (χ3v) is 5.86. The molecule has 0 bridgehead atoms. The summed E-state index contributed by atoms with van der Waals surface area (Å²) in [4.78, 5) is 39.6. The van der Waals surface area contributed by atoms with E-state index in [0.717, 1.165) is 20.9 Å². The molecule has 3 N–H and O–H groups in total. The molecule has 0 saturated carbocycles. The lowest BCUT2D eigenvalue weighted by Gasteiger charge is -2.06. The molecule has 0 fully saturated rings. The van der Waals surface area contributed by atoms with Gasteiger partial charge in [-0.2, -0.15) is 0 Å². The van der Waals surface area contributed by atoms with Crippen molar-refractivity contribution in [1.82, 2.24) is 4.98 Å². The number of nitrogens with zero attached hydrogens (tertiary/aromatic N) is 1. The number of methoxy groups -OCH3 is 1. The Hall–Kier alpha value is -3.11. The Kier molecular flexibility index (Phi) is 7.26. The first-order chi connectivity index (χ1) is 14.4. The van der Waals surface area contributed by atoms with Crippen LogP contribution in [0, 0.1) is 0 Å². The molecule has 3 rings (SSSR count). The highest BCUT2D eigenvalue weighted by Gasteiger charge is 2.10. The molecule has 30 heavy (non-hydrogen) atoms. The van der Waals surface area contributed by atoms with Gasteiger partial charge < -0.3 is 20.5 Å². The molecule has 8 nitrogen and oxygen atoms in total. The molecule has 0 spiro atoms. The molecule has 0 atom stereocenters. The Bertz CT molecular complexity index is 1070. The number of carboxylic acids is 1. The number of aromatic nitrogens is 1. The lowest BCUT2D eigenvalue weighted by molar-refractivity contribution is -0.138. The van der Waals surface area contributed by atoms with Crippen molar-refractivity contribution in [3.05, 3.63) is 42.5 Å². The lowest BCUT2D eigenvalue weighted by Crippen LogP contribution is -2.14. The van der Waals surface area contributed by atoms with Crippen molar-refractivity contribution in [2.24, 2.45) is 0 Å². The Labute approximate surface area is 180 Å². The van der Waals surface area contributed by atoms with Gasteiger partial charge in [0.05, 0.1) is 29.5 Å². The van der Waals surface area contributed by atoms with Crippen molar-refractivity contribution in [2.45, 2.75) is 17.7 Å². The minimum absolute atomic E-state index is 0.0788. The largest absolute Gasteiger partial charge is 0.497 e. The number of rotatable bonds is 9. The van der Waals surface area contributed by atoms with Crippen LogP contribution in [0.2, 0.25) is 0 Å². The molecule has 156 valence electrons. The molecule has 0 aliphatic rings. The van der Waals surface area contributed by atoms with Crippen LogP contribution in [-0.2, 0) is 14.4 Å². The van der Waals surface area contributed by atoms with Gasteiger partial charge in [-0.15, -0.1) is 11.8 Å². The number of nitrogens with one attached hydrogen (secondary N) is 2. The van der Waals surface area contributed by atoms with Crippen LogP contribution in [0.15, 0.2) is 47.4 Å². The number of fused-ring (bicyclic) bond motifs is 1. The number of hydrogen-bond donors (Lipinski definition) is 3. The average Bonchev–Trinajstić information content (AvgIpc) is 3.13. The summed E-state index contributed by atoms with van der Waals surface area (Å²) in [7, 11) is 1.60. The van der Waals surface area contributed by atoms with Crippen LogP contribution in [0.4, 0.5) is 10.8 Å². The SMILES string of the molecule is COc1ccc2nc(NC(=O)CSc3ccc(NC(=O)CCC(=O)O)cc3)sc2c1. The number of benzene rings is 2. The monoisotopic (exact) mass is 445 g/mol. The number of aliphatic carboxylic acids is 1. The third kappa shape index (κ3) is 6.19. The summed E-state index contributed by atoms with van der Waals surface area (Å²) in [5, 5.41) is 14.6. The highest BCUT2D eigenvalue weighted by atomic mass is 32.2. The highest BCUT2D eigenvalue weighted by molar-refractivity contribution is 8.00. The molecule has 0 unspecified atom stereocenters. The number of carbonyl (C=O) groups excluding carboxylic acids is 2. The quantitative estimate of drug-likeness (QED) is 0.428. The van der Waals surface area contributed by atoms with E-state index in [1.165, 1.54) is 23.1 Å². The van der Waals surface area contributed by atoms with E-state index in [-0.39, 0.29) is 30.4 Å². The number of thiazole rings is 1. The number of anilines is 2. The Morgan fingerprint density at radius 1 is 1.07 bits per heavy atom. The zero-order valence-corrected chi connectivity index (χ0v) is 17.6. The minimum atomic E-state index is -1.01. The molecule has 1 heterocycles. The zero-order valence-electron chi connectivity index (χ0n) is 16.0. The molecule has 3 aromatic rings. The van der Waals surface area contributed by atoms with E-state index in [1.54, 1.807) is 31.4 Å². The Balaban J connectivity index is 1.48. The van der Waals surface area contributed by atoms with Gasteiger partial charge in [0.1, 0.15) is 5.75 Å². The van der Waals surface area contributed by atoms with Crippen molar-refractivity contribution in [3.63, 3.8) is 0 Å². The summed E-state index contributed by atoms with van der Waals surface area (Å²) in [5.41, 5.74) is 1.37. The molecule has 2 aromatic carbocycles. The van der Waals surface area contributed by atoms with Gasteiger partial charge in [-0.1, -0.05) is 11.3 Å². The fourth-order valence-electron chi connectivity index (χ4n) is 2.47. The van der Waals surface area contributed by atoms with Crippen LogP contribution in [0.1, 0.15) is 12.8 Å². The van der Waals surface area contributed by atoms with Crippen molar-refractivity contribution < 1.29 is 24.2 Å². The summed E-state index contributed by atoms with van der Waals surface area (Å²) in [6.45, 7) is 0. The first kappa shape index (κ1) is 21.6. The van der Waals surface area contributed by atoms with E-state index in [4.69, 9.17) is 9.84 Å². The Morgan fingerprint density at radius 2 is 1.83 bits per heavy atom. The predicted molar refractivity (Wildman–Crippen MR) is 117 cm³/mol. The summed E-state index contributed by atoms with van der Waals surface area (Å²) in [6, 6.07) is 12.5. The normalized spacial score (nSPS) is 10.6. The van der Waals surface area contributed by atoms with E-state index < -0.39 is 5.97 Å². The molecule has 0 aliphatic heterocycles. The summed E-state index contributed by atoms with van der Waals surface area (Å²) in [6.07, 6.45) is -0.290. The molecule has 10 heteroatoms. The topological polar surface area (TPSA) is 118 Å². The van der Waals surface area contributed by atoms with Gasteiger partial charge in [0.25, 0.3) is 0 Å². The summed E-state index contributed by atoms with van der Waals surface area (Å²) in [5.74, 6) is -0.589. The maximum atomic E-state index is 12.2. The molecular formula is C20H19N3O5S2. The molecule has 0 aliphatic carbocycles. The van der Waals surface area contributed by atoms with E-state index >= 15 is 0 Å². The van der Waals surface area contributed by atoms with Gasteiger partial charge in [-0.25, -0.2) is 4.98 Å². The third-order valence-electron chi connectivity index (χ3n) is 3.92. The molecule has 0 radical (unpaired) electrons. The second kappa shape index (κ2) is 10.1. The molecule has 0 saturated heterocycles. The Morgan fingerprint density at radius 3 is 2.53 bits per heavy atom. The fraction of sp³-hybridized carbons (Fsp3) is 0.200. The van der Waals surface area contributed by atoms with Crippen LogP contribution >= 0.6 is 23.1 Å². The van der Waals surface area contributed by atoms with E-state index in [0.29, 0.717) is 10.8 Å². The molecular weight excluding hydrogens is 426 g/mol. The maximum Gasteiger partial charge on any atom is 0.303 e. The lowest BCUT2D eigenvalue weighted by atomic mass is 10.2. The predicted octanol–water partition coefficient (Wildman–Crippen LogP) is 3.84. The van der Waals surface area contributed by atoms with Gasteiger partial charge >= 0.3 is 5.97 Å². The zero-order chi connectivity index (χ0) is 21.5. The number of carbonyl (C=O) groups is 3. The van der Waals surface area contributed by atoms with Crippen molar-refractivity contribution in [1.29, 1.82) is 0 Å². The number of ether oxygens (including phenoxy) is 1. The van der Waals surface area contributed by atoms with Crippen LogP contribution in [0.5, 0.6) is 5.75 Å². The molecule has 2 amide bonds. The fourth-order valence-corrected chi connectivity index (χ4v) is 4.08. The second-order valence-corrected chi connectivity index (χ2v) is 8.24. The standard InChI is InChI=1S/C20H19N3O5S2/c1-28-13-4-7-15-16(10-13)30-20(22-15)23-18(25)11-29-14-5-2-12(3-6-14)21-17(24)8-9-19(26)27/h2-7,10H,8-9,11H2,1H3,(H,21,24)(H,26,27)(H,22,23,25). The van der Waals surface area contributed by atoms with Gasteiger partial charge in [0, 0.05) is 17.0 Å².